The van der Waals surface area contributed by atoms with Crippen LogP contribution in [0, 0.1) is 0 Å². The summed E-state index contributed by atoms with van der Waals surface area (Å²) in [5.74, 6) is -2.80. The third-order valence-corrected chi connectivity index (χ3v) is 9.58. The first kappa shape index (κ1) is 51.8. The number of carbonyl (C=O) groups is 5. The van der Waals surface area contributed by atoms with Crippen LogP contribution in [0.2, 0.25) is 0 Å². The number of hydrogen-bond donors (Lipinski definition) is 2. The lowest BCUT2D eigenvalue weighted by Gasteiger charge is -2.22. The Balaban J connectivity index is 0. The fourth-order valence-electron chi connectivity index (χ4n) is 5.41. The SMILES string of the molecule is CCCCCCCCCCCCCC(=O)OCCN(CCOC(=O)CCCCCCCCCCCCC)C(=O)CSCCN(C)C.O=C(O)C(=O)O. The molecule has 0 aliphatic rings. The molecule has 0 aliphatic heterocycles. The van der Waals surface area contributed by atoms with E-state index in [4.69, 9.17) is 29.3 Å². The van der Waals surface area contributed by atoms with Crippen molar-refractivity contribution in [2.45, 2.75) is 168 Å². The third-order valence-electron chi connectivity index (χ3n) is 8.66. The fourth-order valence-corrected chi connectivity index (χ4v) is 6.41. The van der Waals surface area contributed by atoms with Crippen molar-refractivity contribution in [3.8, 4) is 0 Å². The Hall–Kier alpha value is -2.34. The molecule has 1 amide bonds. The number of rotatable bonds is 35. The van der Waals surface area contributed by atoms with E-state index in [2.05, 4.69) is 18.7 Å². The van der Waals surface area contributed by atoms with E-state index in [-0.39, 0.29) is 31.1 Å². The summed E-state index contributed by atoms with van der Waals surface area (Å²) < 4.78 is 10.9. The maximum atomic E-state index is 12.9. The molecule has 11 nitrogen and oxygen atoms in total. The van der Waals surface area contributed by atoms with E-state index in [0.29, 0.717) is 31.7 Å². The van der Waals surface area contributed by atoms with E-state index in [1.165, 1.54) is 116 Å². The van der Waals surface area contributed by atoms with Crippen molar-refractivity contribution in [1.82, 2.24) is 9.80 Å². The van der Waals surface area contributed by atoms with Crippen LogP contribution in [-0.2, 0) is 33.4 Å². The Morgan fingerprint density at radius 2 is 0.827 bits per heavy atom. The molecule has 0 saturated carbocycles. The van der Waals surface area contributed by atoms with Gasteiger partial charge >= 0.3 is 23.9 Å². The zero-order valence-corrected chi connectivity index (χ0v) is 34.3. The maximum Gasteiger partial charge on any atom is 0.414 e. The van der Waals surface area contributed by atoms with Crippen molar-refractivity contribution in [3.63, 3.8) is 0 Å². The molecule has 2 N–H and O–H groups in total. The molecule has 0 rings (SSSR count). The summed E-state index contributed by atoms with van der Waals surface area (Å²) in [7, 11) is 4.04. The fraction of sp³-hybridized carbons (Fsp3) is 0.875. The highest BCUT2D eigenvalue weighted by Gasteiger charge is 2.16. The second-order valence-electron chi connectivity index (χ2n) is 13.9. The first-order chi connectivity index (χ1) is 25.0. The summed E-state index contributed by atoms with van der Waals surface area (Å²) in [6.45, 7) is 6.42. The number of ether oxygens (including phenoxy) is 2. The smallest absolute Gasteiger partial charge is 0.414 e. The number of hydrogen-bond acceptors (Lipinski definition) is 9. The molecular weight excluding hydrogens is 685 g/mol. The van der Waals surface area contributed by atoms with Crippen molar-refractivity contribution < 1.29 is 43.7 Å². The van der Waals surface area contributed by atoms with Gasteiger partial charge in [-0.05, 0) is 26.9 Å². The van der Waals surface area contributed by atoms with Gasteiger partial charge < -0.3 is 29.5 Å². The Labute approximate surface area is 320 Å². The number of esters is 2. The van der Waals surface area contributed by atoms with Gasteiger partial charge in [-0.3, -0.25) is 14.4 Å². The first-order valence-corrected chi connectivity index (χ1v) is 21.5. The van der Waals surface area contributed by atoms with Gasteiger partial charge in [0, 0.05) is 25.1 Å². The number of carboxylic acids is 2. The van der Waals surface area contributed by atoms with E-state index >= 15 is 0 Å². The molecular formula is C40H76N2O9S. The normalized spacial score (nSPS) is 10.8. The highest BCUT2D eigenvalue weighted by molar-refractivity contribution is 7.99. The number of nitrogens with zero attached hydrogens (tertiary/aromatic N) is 2. The van der Waals surface area contributed by atoms with Crippen LogP contribution < -0.4 is 0 Å². The minimum Gasteiger partial charge on any atom is -0.473 e. The van der Waals surface area contributed by atoms with E-state index in [1.54, 1.807) is 16.7 Å². The number of carboxylic acid groups (broad SMARTS) is 2. The van der Waals surface area contributed by atoms with Crippen molar-refractivity contribution in [1.29, 1.82) is 0 Å². The van der Waals surface area contributed by atoms with Gasteiger partial charge in [0.2, 0.25) is 5.91 Å². The lowest BCUT2D eigenvalue weighted by atomic mass is 10.1. The predicted molar refractivity (Wildman–Crippen MR) is 212 cm³/mol. The molecule has 0 heterocycles. The summed E-state index contributed by atoms with van der Waals surface area (Å²) in [5.41, 5.74) is 0. The second kappa shape index (κ2) is 39.9. The molecule has 0 aromatic rings. The summed E-state index contributed by atoms with van der Waals surface area (Å²) in [6.07, 6.45) is 28.3. The van der Waals surface area contributed by atoms with Gasteiger partial charge in [-0.25, -0.2) is 9.59 Å². The van der Waals surface area contributed by atoms with E-state index in [9.17, 15) is 14.4 Å². The molecule has 306 valence electrons. The van der Waals surface area contributed by atoms with Crippen LogP contribution in [-0.4, -0.2) is 108 Å². The number of carbonyl (C=O) groups excluding carboxylic acids is 3. The largest absolute Gasteiger partial charge is 0.473 e. The molecule has 52 heavy (non-hydrogen) atoms. The van der Waals surface area contributed by atoms with Gasteiger partial charge in [-0.15, -0.1) is 0 Å². The summed E-state index contributed by atoms with van der Waals surface area (Å²) in [5, 5.41) is 14.8. The number of unbranched alkanes of at least 4 members (excludes halogenated alkanes) is 20. The summed E-state index contributed by atoms with van der Waals surface area (Å²) in [4.78, 5) is 59.4. The van der Waals surface area contributed by atoms with E-state index in [0.717, 1.165) is 38.0 Å². The predicted octanol–water partition coefficient (Wildman–Crippen LogP) is 8.75. The molecule has 0 fully saturated rings. The van der Waals surface area contributed by atoms with Crippen LogP contribution in [0.25, 0.3) is 0 Å². The van der Waals surface area contributed by atoms with Crippen LogP contribution in [0.5, 0.6) is 0 Å². The van der Waals surface area contributed by atoms with Crippen LogP contribution in [0.1, 0.15) is 168 Å². The van der Waals surface area contributed by atoms with Gasteiger partial charge in [0.25, 0.3) is 0 Å². The Morgan fingerprint density at radius 1 is 0.500 bits per heavy atom. The Kier molecular flexibility index (Phi) is 39.7. The zero-order valence-electron chi connectivity index (χ0n) is 33.5. The molecule has 0 aliphatic carbocycles. The highest BCUT2D eigenvalue weighted by atomic mass is 32.2. The summed E-state index contributed by atoms with van der Waals surface area (Å²) >= 11 is 1.60. The minimum absolute atomic E-state index is 0.00780. The van der Waals surface area contributed by atoms with Gasteiger partial charge in [0.1, 0.15) is 13.2 Å². The average molecular weight is 761 g/mol. The van der Waals surface area contributed by atoms with E-state index in [1.807, 2.05) is 14.1 Å². The first-order valence-electron chi connectivity index (χ1n) is 20.3. The van der Waals surface area contributed by atoms with Crippen LogP contribution in [0.4, 0.5) is 0 Å². The number of amides is 1. The lowest BCUT2D eigenvalue weighted by Crippen LogP contribution is -2.38. The maximum absolute atomic E-state index is 12.9. The molecule has 0 atom stereocenters. The van der Waals surface area contributed by atoms with Gasteiger partial charge in [0.15, 0.2) is 0 Å². The molecule has 12 heteroatoms. The van der Waals surface area contributed by atoms with Crippen molar-refractivity contribution in [2.75, 3.05) is 58.4 Å². The highest BCUT2D eigenvalue weighted by Crippen LogP contribution is 2.14. The van der Waals surface area contributed by atoms with Crippen LogP contribution >= 0.6 is 11.8 Å². The molecule has 0 saturated heterocycles. The molecule has 0 unspecified atom stereocenters. The lowest BCUT2D eigenvalue weighted by molar-refractivity contribution is -0.159. The third kappa shape index (κ3) is 40.4. The van der Waals surface area contributed by atoms with Crippen LogP contribution in [0.15, 0.2) is 0 Å². The monoisotopic (exact) mass is 761 g/mol. The molecule has 0 radical (unpaired) electrons. The minimum atomic E-state index is -1.82. The van der Waals surface area contributed by atoms with Crippen LogP contribution in [0.3, 0.4) is 0 Å². The Morgan fingerprint density at radius 3 is 1.13 bits per heavy atom. The molecule has 0 spiro atoms. The number of aliphatic carboxylic acids is 2. The second-order valence-corrected chi connectivity index (χ2v) is 15.0. The van der Waals surface area contributed by atoms with Crippen molar-refractivity contribution in [3.05, 3.63) is 0 Å². The number of thioether (sulfide) groups is 1. The zero-order chi connectivity index (χ0) is 39.1. The topological polar surface area (TPSA) is 151 Å². The van der Waals surface area contributed by atoms with Gasteiger partial charge in [0.05, 0.1) is 18.8 Å². The van der Waals surface area contributed by atoms with Crippen molar-refractivity contribution >= 4 is 41.5 Å². The average Bonchev–Trinajstić information content (AvgIpc) is 3.10. The van der Waals surface area contributed by atoms with Gasteiger partial charge in [-0.2, -0.15) is 11.8 Å². The summed E-state index contributed by atoms with van der Waals surface area (Å²) in [6, 6.07) is 0. The standard InChI is InChI=1S/C38H74N2O5S.C2H2O4/c1-5-7-9-11-13-15-17-19-21-23-25-27-37(42)44-32-29-40(36(41)35-46-34-31-39(3)4)30-33-45-38(43)28-26-24-22-20-18-16-14-12-10-8-6-2;3-1(4)2(5)6/h5-35H2,1-4H3;(H,3,4)(H,5,6). The van der Waals surface area contributed by atoms with Gasteiger partial charge in [-0.1, -0.05) is 142 Å². The molecule has 0 aromatic carbocycles. The molecule has 0 aromatic heterocycles. The quantitative estimate of drug-likeness (QED) is 0.0363. The van der Waals surface area contributed by atoms with E-state index < -0.39 is 11.9 Å². The van der Waals surface area contributed by atoms with Crippen molar-refractivity contribution in [2.24, 2.45) is 0 Å². The molecule has 0 bridgehead atoms. The Bertz CT molecular complexity index is 833.